The summed E-state index contributed by atoms with van der Waals surface area (Å²) in [7, 11) is 0. The molecule has 0 radical (unpaired) electrons. The number of aryl methyl sites for hydroxylation is 1. The second kappa shape index (κ2) is 4.57. The molecule has 0 atom stereocenters. The third-order valence-corrected chi connectivity index (χ3v) is 3.13. The van der Waals surface area contributed by atoms with Crippen LogP contribution in [0.3, 0.4) is 0 Å². The molecule has 18 heavy (non-hydrogen) atoms. The first kappa shape index (κ1) is 10.9. The van der Waals surface area contributed by atoms with Crippen LogP contribution in [0.1, 0.15) is 11.1 Å². The summed E-state index contributed by atoms with van der Waals surface area (Å²) in [6.07, 6.45) is 0. The minimum absolute atomic E-state index is 0.840. The maximum Gasteiger partial charge on any atom is 0.104 e. The van der Waals surface area contributed by atoms with E-state index in [1.807, 2.05) is 6.07 Å². The third kappa shape index (κ3) is 2.23. The summed E-state index contributed by atoms with van der Waals surface area (Å²) in [6, 6.07) is 19.0. The van der Waals surface area contributed by atoms with Crippen LogP contribution in [0.4, 0.5) is 5.82 Å². The molecule has 90 valence electrons. The fourth-order valence-corrected chi connectivity index (χ4v) is 2.07. The number of aromatic amines is 1. The quantitative estimate of drug-likeness (QED) is 0.704. The van der Waals surface area contributed by atoms with Gasteiger partial charge in [-0.1, -0.05) is 48.0 Å². The number of fused-ring (bicyclic) bond motifs is 1. The number of hydrogen-bond acceptors (Lipinski definition) is 1. The summed E-state index contributed by atoms with van der Waals surface area (Å²) in [5, 5.41) is 4.65. The Labute approximate surface area is 107 Å². The second-order valence-corrected chi connectivity index (χ2v) is 4.61. The van der Waals surface area contributed by atoms with E-state index in [1.54, 1.807) is 0 Å². The van der Waals surface area contributed by atoms with Crippen LogP contribution in [0.5, 0.6) is 0 Å². The molecule has 0 aliphatic heterocycles. The second-order valence-electron chi connectivity index (χ2n) is 4.61. The van der Waals surface area contributed by atoms with Gasteiger partial charge in [-0.15, -0.1) is 0 Å². The van der Waals surface area contributed by atoms with Crippen LogP contribution in [-0.4, -0.2) is 4.98 Å². The van der Waals surface area contributed by atoms with Gasteiger partial charge in [0.2, 0.25) is 0 Å². The maximum absolute atomic E-state index is 3.41. The average molecular weight is 236 g/mol. The molecular weight excluding hydrogens is 220 g/mol. The standard InChI is InChI=1S/C16H16N2/c1-12-6-8-13(9-7-12)11-17-16-10-14-4-2-3-5-15(14)18-16/h2-10,17-18H,11H2,1H3. The van der Waals surface area contributed by atoms with Gasteiger partial charge in [0.05, 0.1) is 0 Å². The summed E-state index contributed by atoms with van der Waals surface area (Å²) in [4.78, 5) is 3.37. The first-order valence-corrected chi connectivity index (χ1v) is 6.18. The highest BCUT2D eigenvalue weighted by molar-refractivity contribution is 5.83. The van der Waals surface area contributed by atoms with Crippen LogP contribution in [0.15, 0.2) is 54.6 Å². The van der Waals surface area contributed by atoms with Gasteiger partial charge in [0, 0.05) is 17.4 Å². The van der Waals surface area contributed by atoms with E-state index in [9.17, 15) is 0 Å². The van der Waals surface area contributed by atoms with Gasteiger partial charge in [0.1, 0.15) is 5.82 Å². The number of benzene rings is 2. The molecular formula is C16H16N2. The van der Waals surface area contributed by atoms with Crippen molar-refractivity contribution < 1.29 is 0 Å². The fourth-order valence-electron chi connectivity index (χ4n) is 2.07. The largest absolute Gasteiger partial charge is 0.368 e. The average Bonchev–Trinajstić information content (AvgIpc) is 2.81. The molecule has 2 heteroatoms. The van der Waals surface area contributed by atoms with E-state index in [4.69, 9.17) is 0 Å². The molecule has 0 saturated heterocycles. The molecule has 0 spiro atoms. The number of nitrogens with one attached hydrogen (secondary N) is 2. The highest BCUT2D eigenvalue weighted by Crippen LogP contribution is 2.18. The SMILES string of the molecule is Cc1ccc(CNc2cc3ccccc3[nH]2)cc1. The molecule has 0 saturated carbocycles. The molecule has 0 fully saturated rings. The van der Waals surface area contributed by atoms with Crippen LogP contribution in [-0.2, 0) is 6.54 Å². The van der Waals surface area contributed by atoms with Crippen molar-refractivity contribution in [1.29, 1.82) is 0 Å². The Bertz CT molecular complexity index is 617. The van der Waals surface area contributed by atoms with Crippen molar-refractivity contribution in [3.05, 3.63) is 65.7 Å². The van der Waals surface area contributed by atoms with Gasteiger partial charge in [-0.3, -0.25) is 0 Å². The van der Waals surface area contributed by atoms with Crippen molar-refractivity contribution in [3.63, 3.8) is 0 Å². The van der Waals surface area contributed by atoms with Crippen molar-refractivity contribution in [2.24, 2.45) is 0 Å². The normalized spacial score (nSPS) is 10.7. The van der Waals surface area contributed by atoms with E-state index in [-0.39, 0.29) is 0 Å². The number of para-hydroxylation sites is 1. The lowest BCUT2D eigenvalue weighted by Crippen LogP contribution is -1.99. The summed E-state index contributed by atoms with van der Waals surface area (Å²) in [6.45, 7) is 2.95. The molecule has 3 rings (SSSR count). The van der Waals surface area contributed by atoms with Crippen molar-refractivity contribution in [2.75, 3.05) is 5.32 Å². The molecule has 0 aliphatic rings. The van der Waals surface area contributed by atoms with E-state index >= 15 is 0 Å². The summed E-state index contributed by atoms with van der Waals surface area (Å²) in [5.74, 6) is 1.07. The Morgan fingerprint density at radius 1 is 1.00 bits per heavy atom. The number of anilines is 1. The van der Waals surface area contributed by atoms with Gasteiger partial charge >= 0.3 is 0 Å². The van der Waals surface area contributed by atoms with Crippen LogP contribution in [0.2, 0.25) is 0 Å². The first-order chi connectivity index (χ1) is 8.81. The Hall–Kier alpha value is -2.22. The minimum Gasteiger partial charge on any atom is -0.368 e. The van der Waals surface area contributed by atoms with E-state index < -0.39 is 0 Å². The molecule has 0 bridgehead atoms. The zero-order chi connectivity index (χ0) is 12.4. The molecule has 3 aromatic rings. The lowest BCUT2D eigenvalue weighted by molar-refractivity contribution is 1.13. The van der Waals surface area contributed by atoms with Gasteiger partial charge in [-0.25, -0.2) is 0 Å². The molecule has 2 N–H and O–H groups in total. The van der Waals surface area contributed by atoms with Crippen molar-refractivity contribution in [1.82, 2.24) is 4.98 Å². The van der Waals surface area contributed by atoms with Gasteiger partial charge in [-0.05, 0) is 24.6 Å². The zero-order valence-electron chi connectivity index (χ0n) is 10.4. The Morgan fingerprint density at radius 3 is 2.56 bits per heavy atom. The molecule has 0 amide bonds. The first-order valence-electron chi connectivity index (χ1n) is 6.18. The Morgan fingerprint density at radius 2 is 1.78 bits per heavy atom. The number of H-pyrrole nitrogens is 1. The number of hydrogen-bond donors (Lipinski definition) is 2. The van der Waals surface area contributed by atoms with Crippen molar-refractivity contribution >= 4 is 16.7 Å². The molecule has 1 heterocycles. The Balaban J connectivity index is 1.74. The van der Waals surface area contributed by atoms with Crippen LogP contribution >= 0.6 is 0 Å². The van der Waals surface area contributed by atoms with Gasteiger partial charge in [0.25, 0.3) is 0 Å². The lowest BCUT2D eigenvalue weighted by atomic mass is 10.1. The molecule has 2 aromatic carbocycles. The predicted octanol–water partition coefficient (Wildman–Crippen LogP) is 4.09. The van der Waals surface area contributed by atoms with Crippen LogP contribution in [0.25, 0.3) is 10.9 Å². The molecule has 0 aliphatic carbocycles. The third-order valence-electron chi connectivity index (χ3n) is 3.13. The molecule has 2 nitrogen and oxygen atoms in total. The minimum atomic E-state index is 0.840. The highest BCUT2D eigenvalue weighted by Gasteiger charge is 1.99. The van der Waals surface area contributed by atoms with Gasteiger partial charge in [0.15, 0.2) is 0 Å². The van der Waals surface area contributed by atoms with Crippen LogP contribution in [0, 0.1) is 6.92 Å². The molecule has 0 unspecified atom stereocenters. The lowest BCUT2D eigenvalue weighted by Gasteiger charge is -2.04. The topological polar surface area (TPSA) is 27.8 Å². The fraction of sp³-hybridized carbons (Fsp3) is 0.125. The van der Waals surface area contributed by atoms with E-state index in [2.05, 4.69) is 65.8 Å². The monoisotopic (exact) mass is 236 g/mol. The highest BCUT2D eigenvalue weighted by atomic mass is 15.0. The zero-order valence-corrected chi connectivity index (χ0v) is 10.4. The molecule has 1 aromatic heterocycles. The summed E-state index contributed by atoms with van der Waals surface area (Å²) < 4.78 is 0. The summed E-state index contributed by atoms with van der Waals surface area (Å²) >= 11 is 0. The smallest absolute Gasteiger partial charge is 0.104 e. The van der Waals surface area contributed by atoms with Crippen molar-refractivity contribution in [3.8, 4) is 0 Å². The van der Waals surface area contributed by atoms with Gasteiger partial charge in [-0.2, -0.15) is 0 Å². The van der Waals surface area contributed by atoms with E-state index in [0.717, 1.165) is 12.4 Å². The van der Waals surface area contributed by atoms with E-state index in [0.29, 0.717) is 0 Å². The van der Waals surface area contributed by atoms with Crippen molar-refractivity contribution in [2.45, 2.75) is 13.5 Å². The number of rotatable bonds is 3. The van der Waals surface area contributed by atoms with E-state index in [1.165, 1.54) is 22.0 Å². The Kier molecular flexibility index (Phi) is 2.77. The van der Waals surface area contributed by atoms with Gasteiger partial charge < -0.3 is 10.3 Å². The maximum atomic E-state index is 3.41. The predicted molar refractivity (Wildman–Crippen MR) is 76.8 cm³/mol. The number of aromatic nitrogens is 1. The summed E-state index contributed by atoms with van der Waals surface area (Å²) in [5.41, 5.74) is 3.76. The van der Waals surface area contributed by atoms with Crippen LogP contribution < -0.4 is 5.32 Å².